The molecular weight excluding hydrogens is 166 g/mol. The summed E-state index contributed by atoms with van der Waals surface area (Å²) >= 11 is 0. The third-order valence-electron chi connectivity index (χ3n) is 1.91. The minimum atomic E-state index is -0.385. The fraction of sp³-hybridized carbons (Fsp3) is 0.700. The maximum absolute atomic E-state index is 10.8. The van der Waals surface area contributed by atoms with Gasteiger partial charge in [0.15, 0.2) is 6.23 Å². The minimum Gasteiger partial charge on any atom is -0.444 e. The molecule has 0 aliphatic rings. The number of carbonyl (C=O) groups is 1. The molecular formula is C10H19NO2. The molecule has 0 heterocycles. The second-order valence-corrected chi connectivity index (χ2v) is 3.20. The first-order valence-corrected chi connectivity index (χ1v) is 4.66. The first-order chi connectivity index (χ1) is 6.10. The van der Waals surface area contributed by atoms with Crippen LogP contribution in [-0.4, -0.2) is 18.7 Å². The molecule has 76 valence electrons. The average Bonchev–Trinajstić information content (AvgIpc) is 2.13. The molecule has 1 N–H and O–H groups in total. The summed E-state index contributed by atoms with van der Waals surface area (Å²) in [5.41, 5.74) is 0. The molecule has 0 saturated heterocycles. The van der Waals surface area contributed by atoms with Gasteiger partial charge in [-0.2, -0.15) is 0 Å². The van der Waals surface area contributed by atoms with Gasteiger partial charge in [-0.15, -0.1) is 0 Å². The highest BCUT2D eigenvalue weighted by Crippen LogP contribution is 1.98. The van der Waals surface area contributed by atoms with Crippen molar-refractivity contribution in [3.05, 3.63) is 12.7 Å². The van der Waals surface area contributed by atoms with Crippen LogP contribution in [0.3, 0.4) is 0 Å². The number of carbonyl (C=O) groups excluding carboxylic acids is 1. The summed E-state index contributed by atoms with van der Waals surface area (Å²) in [5, 5.41) is 3.11. The van der Waals surface area contributed by atoms with Crippen LogP contribution < -0.4 is 5.32 Å². The van der Waals surface area contributed by atoms with Crippen molar-refractivity contribution < 1.29 is 9.53 Å². The van der Waals surface area contributed by atoms with Crippen LogP contribution in [0.4, 0.5) is 0 Å². The molecule has 0 spiro atoms. The first-order valence-electron chi connectivity index (χ1n) is 4.66. The monoisotopic (exact) mass is 185 g/mol. The smallest absolute Gasteiger partial charge is 0.331 e. The van der Waals surface area contributed by atoms with Crippen molar-refractivity contribution in [3.8, 4) is 0 Å². The zero-order valence-corrected chi connectivity index (χ0v) is 8.67. The third-order valence-corrected chi connectivity index (χ3v) is 1.91. The van der Waals surface area contributed by atoms with Crippen molar-refractivity contribution in [1.29, 1.82) is 0 Å². The highest BCUT2D eigenvalue weighted by atomic mass is 16.6. The Hall–Kier alpha value is -0.830. The largest absolute Gasteiger partial charge is 0.444 e. The van der Waals surface area contributed by atoms with Gasteiger partial charge in [-0.25, -0.2) is 4.79 Å². The van der Waals surface area contributed by atoms with Crippen LogP contribution in [0.1, 0.15) is 27.2 Å². The Morgan fingerprint density at radius 2 is 2.23 bits per heavy atom. The second kappa shape index (κ2) is 6.66. The maximum Gasteiger partial charge on any atom is 0.331 e. The van der Waals surface area contributed by atoms with Crippen LogP contribution >= 0.6 is 0 Å². The summed E-state index contributed by atoms with van der Waals surface area (Å²) in [4.78, 5) is 10.8. The third kappa shape index (κ3) is 6.34. The fourth-order valence-corrected chi connectivity index (χ4v) is 0.775. The van der Waals surface area contributed by atoms with Crippen molar-refractivity contribution in [3.63, 3.8) is 0 Å². The molecule has 0 saturated carbocycles. The lowest BCUT2D eigenvalue weighted by atomic mass is 10.1. The molecule has 0 fully saturated rings. The minimum absolute atomic E-state index is 0.237. The molecule has 0 bridgehead atoms. The molecule has 0 aliphatic carbocycles. The van der Waals surface area contributed by atoms with Crippen LogP contribution in [0.2, 0.25) is 0 Å². The molecule has 3 nitrogen and oxygen atoms in total. The van der Waals surface area contributed by atoms with Gasteiger partial charge in [-0.1, -0.05) is 26.8 Å². The standard InChI is InChI=1S/C10H19NO2/c1-5-8(3)7-11-9(4)13-10(12)6-2/h6,8-9,11H,2,5,7H2,1,3-4H3. The van der Waals surface area contributed by atoms with E-state index in [0.29, 0.717) is 5.92 Å². The van der Waals surface area contributed by atoms with Gasteiger partial charge in [0, 0.05) is 12.6 Å². The normalized spacial score (nSPS) is 14.7. The van der Waals surface area contributed by atoms with Gasteiger partial charge < -0.3 is 4.74 Å². The van der Waals surface area contributed by atoms with Gasteiger partial charge in [-0.05, 0) is 12.8 Å². The van der Waals surface area contributed by atoms with Crippen molar-refractivity contribution >= 4 is 5.97 Å². The molecule has 2 atom stereocenters. The van der Waals surface area contributed by atoms with Gasteiger partial charge in [0.25, 0.3) is 0 Å². The van der Waals surface area contributed by atoms with Crippen molar-refractivity contribution in [1.82, 2.24) is 5.32 Å². The van der Waals surface area contributed by atoms with E-state index in [2.05, 4.69) is 25.7 Å². The molecule has 2 unspecified atom stereocenters. The summed E-state index contributed by atoms with van der Waals surface area (Å²) in [7, 11) is 0. The molecule has 0 aromatic heterocycles. The lowest BCUT2D eigenvalue weighted by Crippen LogP contribution is -2.33. The Morgan fingerprint density at radius 1 is 1.62 bits per heavy atom. The number of esters is 1. The quantitative estimate of drug-likeness (QED) is 0.389. The van der Waals surface area contributed by atoms with E-state index in [-0.39, 0.29) is 12.2 Å². The number of nitrogens with one attached hydrogen (secondary N) is 1. The van der Waals surface area contributed by atoms with E-state index in [9.17, 15) is 4.79 Å². The summed E-state index contributed by atoms with van der Waals surface area (Å²) < 4.78 is 4.93. The van der Waals surface area contributed by atoms with Crippen LogP contribution in [0.5, 0.6) is 0 Å². The van der Waals surface area contributed by atoms with E-state index in [1.54, 1.807) is 0 Å². The summed E-state index contributed by atoms with van der Waals surface area (Å²) in [6.07, 6.45) is 2.05. The Labute approximate surface area is 80.2 Å². The van der Waals surface area contributed by atoms with Crippen LogP contribution in [0.15, 0.2) is 12.7 Å². The number of hydrogen-bond acceptors (Lipinski definition) is 3. The van der Waals surface area contributed by atoms with E-state index >= 15 is 0 Å². The predicted molar refractivity (Wildman–Crippen MR) is 53.2 cm³/mol. The highest BCUT2D eigenvalue weighted by Gasteiger charge is 2.06. The Morgan fingerprint density at radius 3 is 2.69 bits per heavy atom. The van der Waals surface area contributed by atoms with Gasteiger partial charge >= 0.3 is 5.97 Å². The van der Waals surface area contributed by atoms with E-state index in [1.807, 2.05) is 6.92 Å². The topological polar surface area (TPSA) is 38.3 Å². The van der Waals surface area contributed by atoms with Crippen molar-refractivity contribution in [2.75, 3.05) is 6.54 Å². The molecule has 3 heteroatoms. The first kappa shape index (κ1) is 12.2. The SMILES string of the molecule is C=CC(=O)OC(C)NCC(C)CC. The Balaban J connectivity index is 3.56. The van der Waals surface area contributed by atoms with Crippen LogP contribution in [0.25, 0.3) is 0 Å². The van der Waals surface area contributed by atoms with E-state index < -0.39 is 0 Å². The Kier molecular flexibility index (Phi) is 6.24. The second-order valence-electron chi connectivity index (χ2n) is 3.20. The van der Waals surface area contributed by atoms with Crippen LogP contribution in [-0.2, 0) is 9.53 Å². The number of rotatable bonds is 6. The zero-order valence-electron chi connectivity index (χ0n) is 8.67. The fourth-order valence-electron chi connectivity index (χ4n) is 0.775. The van der Waals surface area contributed by atoms with Gasteiger partial charge in [0.05, 0.1) is 0 Å². The van der Waals surface area contributed by atoms with Gasteiger partial charge in [0.2, 0.25) is 0 Å². The molecule has 0 radical (unpaired) electrons. The van der Waals surface area contributed by atoms with E-state index in [1.165, 1.54) is 6.08 Å². The molecule has 13 heavy (non-hydrogen) atoms. The van der Waals surface area contributed by atoms with Gasteiger partial charge in [0.1, 0.15) is 0 Å². The van der Waals surface area contributed by atoms with Crippen LogP contribution in [0, 0.1) is 5.92 Å². The van der Waals surface area contributed by atoms with E-state index in [4.69, 9.17) is 4.74 Å². The van der Waals surface area contributed by atoms with Crippen molar-refractivity contribution in [2.45, 2.75) is 33.4 Å². The lowest BCUT2D eigenvalue weighted by molar-refractivity contribution is -0.143. The average molecular weight is 185 g/mol. The lowest BCUT2D eigenvalue weighted by Gasteiger charge is -2.16. The summed E-state index contributed by atoms with van der Waals surface area (Å²) in [6, 6.07) is 0. The summed E-state index contributed by atoms with van der Waals surface area (Å²) in [5.74, 6) is 0.217. The van der Waals surface area contributed by atoms with Crippen molar-refractivity contribution in [2.24, 2.45) is 5.92 Å². The predicted octanol–water partition coefficient (Wildman–Crippen LogP) is 1.70. The summed E-state index contributed by atoms with van der Waals surface area (Å²) in [6.45, 7) is 10.3. The maximum atomic E-state index is 10.8. The molecule has 0 aliphatic heterocycles. The highest BCUT2D eigenvalue weighted by molar-refractivity contribution is 5.81. The van der Waals surface area contributed by atoms with Gasteiger partial charge in [-0.3, -0.25) is 5.32 Å². The molecule has 0 amide bonds. The van der Waals surface area contributed by atoms with E-state index in [0.717, 1.165) is 13.0 Å². The number of ether oxygens (including phenoxy) is 1. The zero-order chi connectivity index (χ0) is 10.3. The Bertz CT molecular complexity index is 168. The molecule has 0 rings (SSSR count). The number of hydrogen-bond donors (Lipinski definition) is 1. The molecule has 0 aromatic rings. The molecule has 0 aromatic carbocycles.